The van der Waals surface area contributed by atoms with E-state index < -0.39 is 5.97 Å². The van der Waals surface area contributed by atoms with Crippen molar-refractivity contribution in [1.29, 1.82) is 5.41 Å². The van der Waals surface area contributed by atoms with E-state index in [4.69, 9.17) is 10.2 Å². The maximum absolute atomic E-state index is 10.9. The molecule has 0 aliphatic heterocycles. The summed E-state index contributed by atoms with van der Waals surface area (Å²) in [5.74, 6) is -0.485. The Morgan fingerprint density at radius 3 is 2.33 bits per heavy atom. The van der Waals surface area contributed by atoms with E-state index in [0.29, 0.717) is 5.69 Å². The number of hydrogen-bond donors (Lipinski definition) is 2. The van der Waals surface area contributed by atoms with Crippen LogP contribution in [0.2, 0.25) is 0 Å². The van der Waals surface area contributed by atoms with Gasteiger partial charge in [-0.2, -0.15) is 0 Å². The molecular weight excluding hydrogens is 259 g/mol. The van der Waals surface area contributed by atoms with Crippen LogP contribution >= 0.6 is 12.6 Å². The molecule has 1 aromatic rings. The molecule has 0 unspecified atom stereocenters. The average molecular weight is 276 g/mol. The number of anilines is 1. The first kappa shape index (κ1) is 17.5. The van der Waals surface area contributed by atoms with Crippen LogP contribution in [0.25, 0.3) is 0 Å². The summed E-state index contributed by atoms with van der Waals surface area (Å²) in [6.07, 6.45) is 2.08. The summed E-state index contributed by atoms with van der Waals surface area (Å²) < 4.78 is 0. The molecule has 0 atom stereocenters. The average Bonchev–Trinajstić information content (AvgIpc) is 2.27. The first-order chi connectivity index (χ1) is 8.04. The Hall–Kier alpha value is -0.490. The van der Waals surface area contributed by atoms with Crippen LogP contribution in [-0.2, 0) is 16.1 Å². The molecule has 0 aromatic heterocycles. The predicted molar refractivity (Wildman–Crippen MR) is 78.5 cm³/mol. The number of rotatable bonds is 3. The van der Waals surface area contributed by atoms with Crippen molar-refractivity contribution < 1.29 is 9.63 Å². The molecule has 1 rings (SSSR count). The van der Waals surface area contributed by atoms with Gasteiger partial charge in [0.25, 0.3) is 0 Å². The van der Waals surface area contributed by atoms with Crippen LogP contribution in [0.1, 0.15) is 25.8 Å². The van der Waals surface area contributed by atoms with Crippen molar-refractivity contribution in [3.05, 3.63) is 29.8 Å². The van der Waals surface area contributed by atoms with Gasteiger partial charge in [-0.05, 0) is 24.1 Å². The van der Waals surface area contributed by atoms with Gasteiger partial charge in [-0.15, -0.1) is 17.7 Å². The van der Waals surface area contributed by atoms with Crippen LogP contribution < -0.4 is 5.06 Å². The number of hydrogen-bond acceptors (Lipinski definition) is 3. The van der Waals surface area contributed by atoms with E-state index in [1.165, 1.54) is 12.5 Å². The Morgan fingerprint density at radius 1 is 1.39 bits per heavy atom. The van der Waals surface area contributed by atoms with E-state index in [0.717, 1.165) is 17.9 Å². The van der Waals surface area contributed by atoms with E-state index in [1.807, 2.05) is 12.1 Å². The molecule has 4 nitrogen and oxygen atoms in total. The van der Waals surface area contributed by atoms with Gasteiger partial charge in [0.2, 0.25) is 0 Å². The predicted octanol–water partition coefficient (Wildman–Crippen LogP) is 2.14. The third kappa shape index (κ3) is 5.44. The first-order valence-corrected chi connectivity index (χ1v) is 5.84. The van der Waals surface area contributed by atoms with Crippen LogP contribution in [0.4, 0.5) is 5.69 Å². The van der Waals surface area contributed by atoms with Crippen LogP contribution in [0.5, 0.6) is 0 Å². The Morgan fingerprint density at radius 2 is 1.94 bits per heavy atom. The van der Waals surface area contributed by atoms with Crippen LogP contribution in [0, 0.1) is 5.41 Å². The van der Waals surface area contributed by atoms with E-state index in [1.54, 1.807) is 12.1 Å². The molecule has 0 bridgehead atoms. The molecular formula is C12H17N2NaO2S. The fraction of sp³-hybridized carbons (Fsp3) is 0.333. The molecule has 0 fully saturated rings. The second kappa shape index (κ2) is 8.58. The van der Waals surface area contributed by atoms with Crippen molar-refractivity contribution in [3.63, 3.8) is 0 Å². The van der Waals surface area contributed by atoms with Crippen molar-refractivity contribution in [2.75, 3.05) is 5.06 Å². The molecule has 0 saturated heterocycles. The number of nitrogens with zero attached hydrogens (tertiary/aromatic N) is 1. The van der Waals surface area contributed by atoms with E-state index in [2.05, 4.69) is 19.6 Å². The van der Waals surface area contributed by atoms with Gasteiger partial charge in [-0.1, -0.05) is 25.5 Å². The molecule has 0 saturated carbocycles. The number of carbonyl (C=O) groups is 1. The Balaban J connectivity index is 0.00000289. The van der Waals surface area contributed by atoms with Crippen molar-refractivity contribution in [2.45, 2.75) is 26.7 Å². The summed E-state index contributed by atoms with van der Waals surface area (Å²) in [5.41, 5.74) is 1.82. The number of hydroxylamine groups is 1. The second-order valence-electron chi connectivity index (χ2n) is 3.62. The summed E-state index contributed by atoms with van der Waals surface area (Å²) >= 11 is 3.88. The van der Waals surface area contributed by atoms with Gasteiger partial charge < -0.3 is 4.84 Å². The normalized spacial score (nSPS) is 9.28. The molecule has 18 heavy (non-hydrogen) atoms. The molecule has 6 heteroatoms. The molecule has 0 heterocycles. The van der Waals surface area contributed by atoms with Crippen molar-refractivity contribution in [1.82, 2.24) is 0 Å². The van der Waals surface area contributed by atoms with E-state index in [9.17, 15) is 4.79 Å². The minimum atomic E-state index is -0.485. The van der Waals surface area contributed by atoms with Crippen LogP contribution in [0.3, 0.4) is 0 Å². The van der Waals surface area contributed by atoms with Gasteiger partial charge in [0.05, 0.1) is 5.69 Å². The minimum absolute atomic E-state index is 0. The van der Waals surface area contributed by atoms with Crippen molar-refractivity contribution >= 4 is 59.0 Å². The van der Waals surface area contributed by atoms with Crippen LogP contribution in [0.15, 0.2) is 24.3 Å². The van der Waals surface area contributed by atoms with Gasteiger partial charge in [0.15, 0.2) is 5.17 Å². The third-order valence-electron chi connectivity index (χ3n) is 2.12. The van der Waals surface area contributed by atoms with Gasteiger partial charge in [-0.25, -0.2) is 4.79 Å². The number of nitrogens with one attached hydrogen (secondary N) is 1. The molecule has 0 spiro atoms. The summed E-state index contributed by atoms with van der Waals surface area (Å²) in [6.45, 7) is 3.40. The Bertz CT molecular complexity index is 409. The zero-order valence-electron chi connectivity index (χ0n) is 9.93. The topological polar surface area (TPSA) is 53.4 Å². The monoisotopic (exact) mass is 276 g/mol. The maximum atomic E-state index is 10.9. The zero-order valence-corrected chi connectivity index (χ0v) is 10.8. The van der Waals surface area contributed by atoms with Gasteiger partial charge in [-0.3, -0.25) is 5.41 Å². The number of benzene rings is 1. The standard InChI is InChI=1S/C12H16N2O2S.Na.H/c1-3-4-10-5-7-11(8-6-10)14(12(13)17)16-9(2)15;;/h5-8H,3-4H2,1-2H3,(H2,13,17);;. The summed E-state index contributed by atoms with van der Waals surface area (Å²) in [4.78, 5) is 15.8. The third-order valence-corrected chi connectivity index (χ3v) is 2.30. The van der Waals surface area contributed by atoms with E-state index >= 15 is 0 Å². The molecule has 0 aliphatic rings. The fourth-order valence-electron chi connectivity index (χ4n) is 1.43. The molecule has 0 radical (unpaired) electrons. The molecule has 1 aromatic carbocycles. The fourth-order valence-corrected chi connectivity index (χ4v) is 1.59. The van der Waals surface area contributed by atoms with Crippen LogP contribution in [-0.4, -0.2) is 40.7 Å². The zero-order chi connectivity index (χ0) is 12.8. The molecule has 0 amide bonds. The SMILES string of the molecule is CCCc1ccc(N(OC(C)=O)C(=N)S)cc1.[NaH]. The van der Waals surface area contributed by atoms with Gasteiger partial charge in [0.1, 0.15) is 0 Å². The molecule has 1 N–H and O–H groups in total. The van der Waals surface area contributed by atoms with Crippen molar-refractivity contribution in [3.8, 4) is 0 Å². The van der Waals surface area contributed by atoms with Gasteiger partial charge in [0, 0.05) is 6.92 Å². The molecule has 94 valence electrons. The number of carbonyl (C=O) groups excluding carboxylic acids is 1. The number of thiol groups is 1. The van der Waals surface area contributed by atoms with Crippen molar-refractivity contribution in [2.24, 2.45) is 0 Å². The Labute approximate surface area is 135 Å². The van der Waals surface area contributed by atoms with E-state index in [-0.39, 0.29) is 34.7 Å². The Kier molecular flexibility index (Phi) is 8.35. The number of amidine groups is 1. The summed E-state index contributed by atoms with van der Waals surface area (Å²) in [5, 5.41) is 8.38. The quantitative estimate of drug-likeness (QED) is 0.292. The summed E-state index contributed by atoms with van der Waals surface area (Å²) in [7, 11) is 0. The summed E-state index contributed by atoms with van der Waals surface area (Å²) in [6, 6.07) is 7.51. The molecule has 0 aliphatic carbocycles. The van der Waals surface area contributed by atoms with Gasteiger partial charge >= 0.3 is 35.5 Å². The second-order valence-corrected chi connectivity index (χ2v) is 4.04. The number of aryl methyl sites for hydroxylation is 1. The first-order valence-electron chi connectivity index (χ1n) is 5.39.